The van der Waals surface area contributed by atoms with Gasteiger partial charge in [0, 0.05) is 34.2 Å². The first kappa shape index (κ1) is 24.5. The highest BCUT2D eigenvalue weighted by Gasteiger charge is 2.62. The Hall–Kier alpha value is -3.63. The van der Waals surface area contributed by atoms with Crippen LogP contribution in [-0.2, 0) is 10.4 Å². The molecule has 0 aliphatic carbocycles. The molecule has 1 aliphatic rings. The number of ether oxygens (including phenoxy) is 1. The number of oxime groups is 1. The summed E-state index contributed by atoms with van der Waals surface area (Å²) in [6.45, 7) is 0. The molecule has 0 N–H and O–H groups in total. The summed E-state index contributed by atoms with van der Waals surface area (Å²) in [4.78, 5) is 27.5. The Morgan fingerprint density at radius 2 is 1.71 bits per heavy atom. The van der Waals surface area contributed by atoms with Crippen molar-refractivity contribution < 1.29 is 32.5 Å². The van der Waals surface area contributed by atoms with Crippen LogP contribution in [0.25, 0.3) is 0 Å². The predicted molar refractivity (Wildman–Crippen MR) is 121 cm³/mol. The van der Waals surface area contributed by atoms with Crippen LogP contribution in [0, 0.1) is 10.1 Å². The average molecular weight is 525 g/mol. The second-order valence-electron chi connectivity index (χ2n) is 7.51. The number of esters is 1. The summed E-state index contributed by atoms with van der Waals surface area (Å²) in [7, 11) is 0. The van der Waals surface area contributed by atoms with Gasteiger partial charge in [-0.3, -0.25) is 10.1 Å². The van der Waals surface area contributed by atoms with Crippen LogP contribution in [-0.4, -0.2) is 22.8 Å². The molecule has 4 rings (SSSR count). The molecule has 0 fully saturated rings. The molecule has 0 bridgehead atoms. The summed E-state index contributed by atoms with van der Waals surface area (Å²) in [6.07, 6.45) is -5.47. The number of hydrogen-bond donors (Lipinski definition) is 0. The van der Waals surface area contributed by atoms with Gasteiger partial charge < -0.3 is 9.57 Å². The summed E-state index contributed by atoms with van der Waals surface area (Å²) in [5, 5.41) is 14.6. The van der Waals surface area contributed by atoms with E-state index in [1.165, 1.54) is 48.5 Å². The first-order valence-electron chi connectivity index (χ1n) is 9.84. The van der Waals surface area contributed by atoms with E-state index < -0.39 is 29.1 Å². The van der Waals surface area contributed by atoms with Gasteiger partial charge in [-0.05, 0) is 54.1 Å². The smallest absolute Gasteiger partial charge is 0.423 e. The summed E-state index contributed by atoms with van der Waals surface area (Å²) >= 11 is 11.8. The predicted octanol–water partition coefficient (Wildman–Crippen LogP) is 6.70. The van der Waals surface area contributed by atoms with Crippen molar-refractivity contribution in [3.63, 3.8) is 0 Å². The Balaban J connectivity index is 1.53. The first-order valence-corrected chi connectivity index (χ1v) is 10.6. The molecular weight excluding hydrogens is 512 g/mol. The van der Waals surface area contributed by atoms with Crippen molar-refractivity contribution in [1.29, 1.82) is 0 Å². The molecule has 3 aromatic rings. The number of benzene rings is 3. The molecule has 1 aliphatic heterocycles. The van der Waals surface area contributed by atoms with Crippen molar-refractivity contribution in [2.45, 2.75) is 18.2 Å². The SMILES string of the molecule is O=C(Oc1ccc(C2=NOC(c3cc(Cl)cc(Cl)c3)(C(F)(F)F)C2)cc1)c1cccc([N+](=O)[O-])c1. The van der Waals surface area contributed by atoms with Gasteiger partial charge in [0.1, 0.15) is 5.75 Å². The Labute approximate surface area is 205 Å². The molecule has 1 unspecified atom stereocenters. The molecule has 1 atom stereocenters. The second-order valence-corrected chi connectivity index (χ2v) is 8.38. The van der Waals surface area contributed by atoms with Crippen LogP contribution in [0.3, 0.4) is 0 Å². The quantitative estimate of drug-likeness (QED) is 0.160. The van der Waals surface area contributed by atoms with Crippen molar-refractivity contribution in [2.75, 3.05) is 0 Å². The molecule has 180 valence electrons. The van der Waals surface area contributed by atoms with Crippen LogP contribution in [0.1, 0.15) is 27.9 Å². The van der Waals surface area contributed by atoms with Crippen molar-refractivity contribution in [3.05, 3.63) is 104 Å². The lowest BCUT2D eigenvalue weighted by atomic mass is 9.86. The van der Waals surface area contributed by atoms with Gasteiger partial charge >= 0.3 is 12.1 Å². The lowest BCUT2D eigenvalue weighted by molar-refractivity contribution is -0.384. The molecular formula is C23H13Cl2F3N2O5. The lowest BCUT2D eigenvalue weighted by Gasteiger charge is -2.29. The number of carbonyl (C=O) groups excluding carboxylic acids is 1. The van der Waals surface area contributed by atoms with Crippen molar-refractivity contribution in [2.24, 2.45) is 5.16 Å². The number of nitro groups is 1. The number of non-ortho nitro benzene ring substituents is 1. The Bertz CT molecular complexity index is 1330. The topological polar surface area (TPSA) is 91.0 Å². The summed E-state index contributed by atoms with van der Waals surface area (Å²) in [6, 6.07) is 14.1. The highest BCUT2D eigenvalue weighted by atomic mass is 35.5. The number of nitrogens with zero attached hydrogens (tertiary/aromatic N) is 2. The highest BCUT2D eigenvalue weighted by molar-refractivity contribution is 6.34. The zero-order chi connectivity index (χ0) is 25.4. The average Bonchev–Trinajstić information content (AvgIpc) is 3.26. The minimum Gasteiger partial charge on any atom is -0.423 e. The molecule has 0 aromatic heterocycles. The minimum absolute atomic E-state index is 0.00924. The first-order chi connectivity index (χ1) is 16.5. The third kappa shape index (κ3) is 4.94. The van der Waals surface area contributed by atoms with Crippen LogP contribution in [0.15, 0.2) is 71.9 Å². The normalized spacial score (nSPS) is 17.5. The van der Waals surface area contributed by atoms with E-state index in [1.54, 1.807) is 0 Å². The van der Waals surface area contributed by atoms with Gasteiger partial charge in [0.15, 0.2) is 0 Å². The molecule has 0 saturated carbocycles. The fourth-order valence-corrected chi connectivity index (χ4v) is 4.00. The molecule has 1 heterocycles. The summed E-state index contributed by atoms with van der Waals surface area (Å²) < 4.78 is 47.6. The zero-order valence-electron chi connectivity index (χ0n) is 17.4. The number of carbonyl (C=O) groups is 1. The van der Waals surface area contributed by atoms with Crippen LogP contribution in [0.5, 0.6) is 5.75 Å². The minimum atomic E-state index is -4.83. The summed E-state index contributed by atoms with van der Waals surface area (Å²) in [5.41, 5.74) is -3.06. The zero-order valence-corrected chi connectivity index (χ0v) is 18.9. The van der Waals surface area contributed by atoms with E-state index in [0.717, 1.165) is 18.2 Å². The molecule has 0 saturated heterocycles. The largest absolute Gasteiger partial charge is 0.435 e. The molecule has 12 heteroatoms. The monoisotopic (exact) mass is 524 g/mol. The summed E-state index contributed by atoms with van der Waals surface area (Å²) in [5.74, 6) is -0.759. The molecule has 7 nitrogen and oxygen atoms in total. The lowest BCUT2D eigenvalue weighted by Crippen LogP contribution is -2.42. The molecule has 3 aromatic carbocycles. The van der Waals surface area contributed by atoms with E-state index >= 15 is 0 Å². The van der Waals surface area contributed by atoms with Crippen molar-refractivity contribution in [1.82, 2.24) is 0 Å². The number of hydrogen-bond acceptors (Lipinski definition) is 6. The van der Waals surface area contributed by atoms with Gasteiger partial charge in [0.25, 0.3) is 11.3 Å². The van der Waals surface area contributed by atoms with E-state index in [9.17, 15) is 28.1 Å². The maximum atomic E-state index is 14.1. The van der Waals surface area contributed by atoms with E-state index in [4.69, 9.17) is 32.8 Å². The Morgan fingerprint density at radius 1 is 1.06 bits per heavy atom. The number of alkyl halides is 3. The Morgan fingerprint density at radius 3 is 2.31 bits per heavy atom. The van der Waals surface area contributed by atoms with Crippen LogP contribution in [0.4, 0.5) is 18.9 Å². The van der Waals surface area contributed by atoms with E-state index in [2.05, 4.69) is 5.16 Å². The van der Waals surface area contributed by atoms with Gasteiger partial charge in [-0.25, -0.2) is 4.79 Å². The van der Waals surface area contributed by atoms with Gasteiger partial charge in [0.05, 0.1) is 16.2 Å². The van der Waals surface area contributed by atoms with Gasteiger partial charge in [-0.1, -0.05) is 34.4 Å². The van der Waals surface area contributed by atoms with Gasteiger partial charge in [0.2, 0.25) is 0 Å². The third-order valence-electron chi connectivity index (χ3n) is 5.21. The molecule has 35 heavy (non-hydrogen) atoms. The number of rotatable bonds is 5. The fraction of sp³-hybridized carbons (Fsp3) is 0.130. The van der Waals surface area contributed by atoms with Gasteiger partial charge in [-0.15, -0.1) is 0 Å². The maximum Gasteiger partial charge on any atom is 0.435 e. The molecule has 0 amide bonds. The molecule has 0 spiro atoms. The van der Waals surface area contributed by atoms with Crippen molar-refractivity contribution >= 4 is 40.6 Å². The third-order valence-corrected chi connectivity index (χ3v) is 5.64. The van der Waals surface area contributed by atoms with E-state index in [-0.39, 0.29) is 38.3 Å². The standard InChI is InChI=1S/C23H13Cl2F3N2O5/c24-16-9-15(10-17(25)11-16)22(23(26,27)28)12-20(29-35-22)13-4-6-19(7-5-13)34-21(31)14-2-1-3-18(8-14)30(32)33/h1-11H,12H2. The second kappa shape index (κ2) is 9.20. The van der Waals surface area contributed by atoms with Crippen LogP contribution < -0.4 is 4.74 Å². The van der Waals surface area contributed by atoms with Crippen LogP contribution >= 0.6 is 23.2 Å². The highest BCUT2D eigenvalue weighted by Crippen LogP contribution is 2.49. The maximum absolute atomic E-state index is 14.1. The van der Waals surface area contributed by atoms with E-state index in [1.807, 2.05) is 0 Å². The van der Waals surface area contributed by atoms with E-state index in [0.29, 0.717) is 5.56 Å². The van der Waals surface area contributed by atoms with Gasteiger partial charge in [-0.2, -0.15) is 13.2 Å². The number of halogens is 5. The van der Waals surface area contributed by atoms with Crippen LogP contribution in [0.2, 0.25) is 10.0 Å². The van der Waals surface area contributed by atoms with Crippen molar-refractivity contribution in [3.8, 4) is 5.75 Å². The molecule has 0 radical (unpaired) electrons. The Kier molecular flexibility index (Phi) is 6.44. The fourth-order valence-electron chi connectivity index (χ4n) is 3.47. The number of nitro benzene ring substituents is 1.